The lowest BCUT2D eigenvalue weighted by Gasteiger charge is -2.17. The molecule has 1 amide bonds. The van der Waals surface area contributed by atoms with E-state index >= 15 is 0 Å². The standard InChI is InChI=1S/C22H22N2O2/c1-15-7-8-18(13-16(15)2)22(25)24-12-11-19(14-24)26-21-10-9-17-5-3-4-6-20(17)23-21/h3-10,13,19H,11-12,14H2,1-2H3. The molecule has 2 heterocycles. The lowest BCUT2D eigenvalue weighted by molar-refractivity contribution is 0.0771. The summed E-state index contributed by atoms with van der Waals surface area (Å²) in [4.78, 5) is 19.2. The molecule has 0 N–H and O–H groups in total. The number of carbonyl (C=O) groups excluding carboxylic acids is 1. The molecule has 1 atom stereocenters. The van der Waals surface area contributed by atoms with Gasteiger partial charge in [0, 0.05) is 30.0 Å². The van der Waals surface area contributed by atoms with Gasteiger partial charge in [-0.05, 0) is 49.2 Å². The molecule has 3 aromatic rings. The van der Waals surface area contributed by atoms with Crippen molar-refractivity contribution in [2.45, 2.75) is 26.4 Å². The number of amides is 1. The number of pyridine rings is 1. The Morgan fingerprint density at radius 2 is 1.92 bits per heavy atom. The number of nitrogens with zero attached hydrogens (tertiary/aromatic N) is 2. The zero-order valence-electron chi connectivity index (χ0n) is 15.1. The van der Waals surface area contributed by atoms with Crippen LogP contribution in [0.25, 0.3) is 10.9 Å². The van der Waals surface area contributed by atoms with Crippen LogP contribution in [0.15, 0.2) is 54.6 Å². The minimum absolute atomic E-state index is 0.0147. The number of carbonyl (C=O) groups is 1. The number of hydrogen-bond donors (Lipinski definition) is 0. The van der Waals surface area contributed by atoms with Gasteiger partial charge in [0.2, 0.25) is 5.88 Å². The first kappa shape index (κ1) is 16.6. The number of ether oxygens (including phenoxy) is 1. The molecule has 1 aliphatic heterocycles. The van der Waals surface area contributed by atoms with Gasteiger partial charge in [0.05, 0.1) is 12.1 Å². The molecule has 1 aromatic heterocycles. The van der Waals surface area contributed by atoms with Gasteiger partial charge in [-0.3, -0.25) is 4.79 Å². The van der Waals surface area contributed by atoms with E-state index in [9.17, 15) is 4.79 Å². The van der Waals surface area contributed by atoms with E-state index in [0.29, 0.717) is 19.0 Å². The van der Waals surface area contributed by atoms with Crippen LogP contribution >= 0.6 is 0 Å². The molecule has 0 saturated carbocycles. The van der Waals surface area contributed by atoms with Crippen molar-refractivity contribution in [2.75, 3.05) is 13.1 Å². The molecule has 1 aliphatic rings. The molecule has 2 aromatic carbocycles. The molecular formula is C22H22N2O2. The molecule has 132 valence electrons. The quantitative estimate of drug-likeness (QED) is 0.716. The summed E-state index contributed by atoms with van der Waals surface area (Å²) in [7, 11) is 0. The Morgan fingerprint density at radius 3 is 2.77 bits per heavy atom. The number of para-hydroxylation sites is 1. The Morgan fingerprint density at radius 1 is 1.08 bits per heavy atom. The van der Waals surface area contributed by atoms with Gasteiger partial charge in [-0.1, -0.05) is 24.3 Å². The summed E-state index contributed by atoms with van der Waals surface area (Å²) in [6, 6.07) is 17.8. The number of aryl methyl sites for hydroxylation is 2. The maximum Gasteiger partial charge on any atom is 0.253 e. The molecule has 1 fully saturated rings. The van der Waals surface area contributed by atoms with Crippen molar-refractivity contribution in [1.29, 1.82) is 0 Å². The summed E-state index contributed by atoms with van der Waals surface area (Å²) in [6.45, 7) is 5.40. The highest BCUT2D eigenvalue weighted by Crippen LogP contribution is 2.22. The van der Waals surface area contributed by atoms with E-state index in [0.717, 1.165) is 28.5 Å². The molecule has 0 spiro atoms. The Hall–Kier alpha value is -2.88. The Labute approximate surface area is 153 Å². The maximum atomic E-state index is 12.7. The second kappa shape index (κ2) is 6.79. The average molecular weight is 346 g/mol. The average Bonchev–Trinajstić information content (AvgIpc) is 3.12. The van der Waals surface area contributed by atoms with Crippen LogP contribution in [0.5, 0.6) is 5.88 Å². The van der Waals surface area contributed by atoms with Crippen molar-refractivity contribution in [3.05, 3.63) is 71.3 Å². The van der Waals surface area contributed by atoms with Gasteiger partial charge in [0.1, 0.15) is 6.10 Å². The van der Waals surface area contributed by atoms with Gasteiger partial charge < -0.3 is 9.64 Å². The summed E-state index contributed by atoms with van der Waals surface area (Å²) in [5, 5.41) is 1.10. The van der Waals surface area contributed by atoms with Crippen LogP contribution in [0.2, 0.25) is 0 Å². The molecule has 0 bridgehead atoms. The summed E-state index contributed by atoms with van der Waals surface area (Å²) in [6.07, 6.45) is 0.810. The Kier molecular flexibility index (Phi) is 4.33. The van der Waals surface area contributed by atoms with Gasteiger partial charge in [-0.25, -0.2) is 4.98 Å². The number of benzene rings is 2. The number of fused-ring (bicyclic) bond motifs is 1. The zero-order chi connectivity index (χ0) is 18.1. The van der Waals surface area contributed by atoms with Crippen LogP contribution in [0.4, 0.5) is 0 Å². The SMILES string of the molecule is Cc1ccc(C(=O)N2CCC(Oc3ccc4ccccc4n3)C2)cc1C. The fourth-order valence-corrected chi connectivity index (χ4v) is 3.35. The van der Waals surface area contributed by atoms with Crippen molar-refractivity contribution in [3.8, 4) is 5.88 Å². The van der Waals surface area contributed by atoms with E-state index in [2.05, 4.69) is 11.9 Å². The van der Waals surface area contributed by atoms with E-state index in [1.54, 1.807) is 0 Å². The van der Waals surface area contributed by atoms with E-state index in [1.807, 2.05) is 66.4 Å². The van der Waals surface area contributed by atoms with Crippen LogP contribution in [0, 0.1) is 13.8 Å². The molecule has 4 rings (SSSR count). The minimum atomic E-state index is -0.0147. The third-order valence-corrected chi connectivity index (χ3v) is 5.05. The van der Waals surface area contributed by atoms with Crippen LogP contribution < -0.4 is 4.74 Å². The summed E-state index contributed by atoms with van der Waals surface area (Å²) >= 11 is 0. The second-order valence-corrected chi connectivity index (χ2v) is 6.92. The highest BCUT2D eigenvalue weighted by molar-refractivity contribution is 5.94. The van der Waals surface area contributed by atoms with Crippen LogP contribution in [-0.4, -0.2) is 35.0 Å². The third-order valence-electron chi connectivity index (χ3n) is 5.05. The van der Waals surface area contributed by atoms with Gasteiger partial charge in [-0.2, -0.15) is 0 Å². The third kappa shape index (κ3) is 3.27. The normalized spacial score (nSPS) is 16.8. The fraction of sp³-hybridized carbons (Fsp3) is 0.273. The molecule has 0 aliphatic carbocycles. The summed E-state index contributed by atoms with van der Waals surface area (Å²) in [5.74, 6) is 0.694. The molecular weight excluding hydrogens is 324 g/mol. The minimum Gasteiger partial charge on any atom is -0.472 e. The predicted molar refractivity (Wildman–Crippen MR) is 103 cm³/mol. The van der Waals surface area contributed by atoms with Crippen molar-refractivity contribution < 1.29 is 9.53 Å². The van der Waals surface area contributed by atoms with Crippen LogP contribution in [0.1, 0.15) is 27.9 Å². The maximum absolute atomic E-state index is 12.7. The number of rotatable bonds is 3. The van der Waals surface area contributed by atoms with Crippen molar-refractivity contribution in [2.24, 2.45) is 0 Å². The van der Waals surface area contributed by atoms with E-state index in [-0.39, 0.29) is 12.0 Å². The monoisotopic (exact) mass is 346 g/mol. The van der Waals surface area contributed by atoms with Crippen molar-refractivity contribution in [3.63, 3.8) is 0 Å². The number of hydrogen-bond acceptors (Lipinski definition) is 3. The lowest BCUT2D eigenvalue weighted by atomic mass is 10.1. The molecule has 1 saturated heterocycles. The van der Waals surface area contributed by atoms with Crippen molar-refractivity contribution in [1.82, 2.24) is 9.88 Å². The summed E-state index contributed by atoms with van der Waals surface area (Å²) in [5.41, 5.74) is 4.01. The molecule has 1 unspecified atom stereocenters. The van der Waals surface area contributed by atoms with E-state index in [1.165, 1.54) is 5.56 Å². The highest BCUT2D eigenvalue weighted by Gasteiger charge is 2.28. The van der Waals surface area contributed by atoms with E-state index < -0.39 is 0 Å². The van der Waals surface area contributed by atoms with Gasteiger partial charge >= 0.3 is 0 Å². The molecule has 4 heteroatoms. The summed E-state index contributed by atoms with van der Waals surface area (Å²) < 4.78 is 6.04. The van der Waals surface area contributed by atoms with Gasteiger partial charge in [0.15, 0.2) is 0 Å². The molecule has 0 radical (unpaired) electrons. The highest BCUT2D eigenvalue weighted by atomic mass is 16.5. The van der Waals surface area contributed by atoms with Crippen LogP contribution in [0.3, 0.4) is 0 Å². The fourth-order valence-electron chi connectivity index (χ4n) is 3.35. The lowest BCUT2D eigenvalue weighted by Crippen LogP contribution is -2.31. The Bertz CT molecular complexity index is 967. The number of aromatic nitrogens is 1. The van der Waals surface area contributed by atoms with Crippen molar-refractivity contribution >= 4 is 16.8 Å². The van der Waals surface area contributed by atoms with Gasteiger partial charge in [-0.15, -0.1) is 0 Å². The largest absolute Gasteiger partial charge is 0.472 e. The number of likely N-dealkylation sites (tertiary alicyclic amines) is 1. The second-order valence-electron chi connectivity index (χ2n) is 6.92. The topological polar surface area (TPSA) is 42.4 Å². The van der Waals surface area contributed by atoms with Gasteiger partial charge in [0.25, 0.3) is 5.91 Å². The Balaban J connectivity index is 1.44. The smallest absolute Gasteiger partial charge is 0.253 e. The first-order chi connectivity index (χ1) is 12.6. The molecule has 4 nitrogen and oxygen atoms in total. The van der Waals surface area contributed by atoms with E-state index in [4.69, 9.17) is 4.74 Å². The van der Waals surface area contributed by atoms with Crippen LogP contribution in [-0.2, 0) is 0 Å². The first-order valence-electron chi connectivity index (χ1n) is 8.99. The molecule has 26 heavy (non-hydrogen) atoms. The predicted octanol–water partition coefficient (Wildman–Crippen LogP) is 4.15. The zero-order valence-corrected chi connectivity index (χ0v) is 15.1. The first-order valence-corrected chi connectivity index (χ1v) is 8.99.